The Hall–Kier alpha value is -1.55. The van der Waals surface area contributed by atoms with Gasteiger partial charge in [-0.25, -0.2) is 0 Å². The molecule has 4 heteroatoms. The number of rotatable bonds is 3. The molecule has 1 amide bonds. The monoisotopic (exact) mass is 232 g/mol. The van der Waals surface area contributed by atoms with Gasteiger partial charge in [0, 0.05) is 19.1 Å². The number of amides is 1. The van der Waals surface area contributed by atoms with Crippen molar-refractivity contribution in [2.24, 2.45) is 11.8 Å². The number of carbonyl (C=O) groups is 1. The third-order valence-corrected chi connectivity index (χ3v) is 3.69. The van der Waals surface area contributed by atoms with Gasteiger partial charge in [0.25, 0.3) is 0 Å². The minimum atomic E-state index is 0.0509. The summed E-state index contributed by atoms with van der Waals surface area (Å²) in [5.41, 5.74) is 0.853. The lowest BCUT2D eigenvalue weighted by Gasteiger charge is -2.07. The smallest absolute Gasteiger partial charge is 0.224 e. The van der Waals surface area contributed by atoms with Gasteiger partial charge in [-0.3, -0.25) is 4.79 Å². The van der Waals surface area contributed by atoms with Crippen molar-refractivity contribution >= 4 is 5.91 Å². The van der Waals surface area contributed by atoms with Crippen LogP contribution in [0.25, 0.3) is 0 Å². The lowest BCUT2D eigenvalue weighted by atomic mass is 10.1. The summed E-state index contributed by atoms with van der Waals surface area (Å²) < 4.78 is 0. The van der Waals surface area contributed by atoms with Crippen LogP contribution >= 0.6 is 0 Å². The number of phenols is 1. The Balaban J connectivity index is 1.54. The maximum Gasteiger partial charge on any atom is 0.224 e. The molecular formula is C13H16N2O2. The molecule has 4 nitrogen and oxygen atoms in total. The van der Waals surface area contributed by atoms with E-state index in [1.54, 1.807) is 18.2 Å². The number of nitrogens with one attached hydrogen (secondary N) is 2. The summed E-state index contributed by atoms with van der Waals surface area (Å²) in [6.07, 6.45) is 0.345. The highest BCUT2D eigenvalue weighted by Gasteiger charge is 2.53. The van der Waals surface area contributed by atoms with E-state index in [-0.39, 0.29) is 11.7 Å². The Bertz CT molecular complexity index is 437. The number of fused-ring (bicyclic) bond motifs is 1. The minimum Gasteiger partial charge on any atom is -0.508 e. The second-order valence-corrected chi connectivity index (χ2v) is 4.93. The fourth-order valence-corrected chi connectivity index (χ4v) is 2.72. The summed E-state index contributed by atoms with van der Waals surface area (Å²) in [7, 11) is 0. The zero-order valence-electron chi connectivity index (χ0n) is 9.52. The molecule has 1 saturated heterocycles. The highest BCUT2D eigenvalue weighted by molar-refractivity contribution is 5.79. The number of hydrogen-bond acceptors (Lipinski definition) is 3. The number of piperidine rings is 1. The van der Waals surface area contributed by atoms with Crippen LogP contribution in [0.5, 0.6) is 5.75 Å². The van der Waals surface area contributed by atoms with Crippen molar-refractivity contribution in [2.45, 2.75) is 12.5 Å². The van der Waals surface area contributed by atoms with Gasteiger partial charge < -0.3 is 15.7 Å². The van der Waals surface area contributed by atoms with Crippen molar-refractivity contribution in [1.29, 1.82) is 0 Å². The van der Waals surface area contributed by atoms with Gasteiger partial charge in [-0.2, -0.15) is 0 Å². The van der Waals surface area contributed by atoms with Gasteiger partial charge in [-0.15, -0.1) is 0 Å². The molecule has 1 saturated carbocycles. The van der Waals surface area contributed by atoms with Crippen LogP contribution in [0.3, 0.4) is 0 Å². The molecule has 3 N–H and O–H groups in total. The molecule has 1 aliphatic carbocycles. The molecule has 2 unspecified atom stereocenters. The molecule has 2 fully saturated rings. The van der Waals surface area contributed by atoms with E-state index in [0.29, 0.717) is 24.3 Å². The molecule has 0 bridgehead atoms. The fourth-order valence-electron chi connectivity index (χ4n) is 2.72. The predicted octanol–water partition coefficient (Wildman–Crippen LogP) is 0.269. The summed E-state index contributed by atoms with van der Waals surface area (Å²) in [5, 5.41) is 15.7. The molecule has 0 spiro atoms. The summed E-state index contributed by atoms with van der Waals surface area (Å²) in [4.78, 5) is 11.8. The quantitative estimate of drug-likeness (QED) is 0.701. The van der Waals surface area contributed by atoms with E-state index >= 15 is 0 Å². The molecule has 90 valence electrons. The highest BCUT2D eigenvalue weighted by Crippen LogP contribution is 2.41. The van der Waals surface area contributed by atoms with Crippen LogP contribution in [-0.2, 0) is 11.2 Å². The first-order chi connectivity index (χ1) is 8.24. The molecule has 1 heterocycles. The molecular weight excluding hydrogens is 216 g/mol. The topological polar surface area (TPSA) is 61.4 Å². The third kappa shape index (κ3) is 2.13. The summed E-state index contributed by atoms with van der Waals surface area (Å²) in [5.74, 6) is 1.55. The fraction of sp³-hybridized carbons (Fsp3) is 0.462. The molecule has 2 atom stereocenters. The molecule has 17 heavy (non-hydrogen) atoms. The molecule has 1 aliphatic heterocycles. The van der Waals surface area contributed by atoms with Gasteiger partial charge in [-0.1, -0.05) is 12.1 Å². The van der Waals surface area contributed by atoms with Crippen LogP contribution in [0.2, 0.25) is 0 Å². The van der Waals surface area contributed by atoms with Crippen molar-refractivity contribution in [3.8, 4) is 5.75 Å². The number of phenolic OH excluding ortho intramolecular Hbond substituents is 1. The predicted molar refractivity (Wildman–Crippen MR) is 63.6 cm³/mol. The number of hydrogen-bond donors (Lipinski definition) is 3. The Kier molecular flexibility index (Phi) is 2.52. The van der Waals surface area contributed by atoms with Gasteiger partial charge in [0.05, 0.1) is 6.42 Å². The van der Waals surface area contributed by atoms with E-state index in [2.05, 4.69) is 10.6 Å². The maximum atomic E-state index is 11.8. The van der Waals surface area contributed by atoms with Crippen LogP contribution in [0.4, 0.5) is 0 Å². The first-order valence-corrected chi connectivity index (χ1v) is 6.02. The number of benzene rings is 1. The summed E-state index contributed by atoms with van der Waals surface area (Å²) in [6, 6.07) is 7.23. The van der Waals surface area contributed by atoms with Crippen LogP contribution < -0.4 is 10.6 Å². The number of carbonyl (C=O) groups excluding carboxylic acids is 1. The van der Waals surface area contributed by atoms with Crippen LogP contribution in [0.1, 0.15) is 5.56 Å². The van der Waals surface area contributed by atoms with Crippen molar-refractivity contribution in [1.82, 2.24) is 10.6 Å². The Morgan fingerprint density at radius 1 is 1.41 bits per heavy atom. The van der Waals surface area contributed by atoms with Crippen molar-refractivity contribution < 1.29 is 9.90 Å². The van der Waals surface area contributed by atoms with Crippen LogP contribution in [0.15, 0.2) is 24.3 Å². The molecule has 1 aromatic rings. The largest absolute Gasteiger partial charge is 0.508 e. The molecule has 3 rings (SSSR count). The summed E-state index contributed by atoms with van der Waals surface area (Å²) >= 11 is 0. The van der Waals surface area contributed by atoms with Crippen molar-refractivity contribution in [3.63, 3.8) is 0 Å². The Morgan fingerprint density at radius 3 is 2.88 bits per heavy atom. The standard InChI is InChI=1S/C13H16N2O2/c16-9-3-1-2-8(4-9)5-12(17)15-13-10-6-14-7-11(10)13/h1-4,10-11,13-14,16H,5-7H2,(H,15,17). The third-order valence-electron chi connectivity index (χ3n) is 3.69. The van der Waals surface area contributed by atoms with Gasteiger partial charge in [0.15, 0.2) is 0 Å². The SMILES string of the molecule is O=C(Cc1cccc(O)c1)NC1C2CNCC21. The average molecular weight is 232 g/mol. The average Bonchev–Trinajstić information content (AvgIpc) is 2.74. The first-order valence-electron chi connectivity index (χ1n) is 6.02. The van der Waals surface area contributed by atoms with E-state index < -0.39 is 0 Å². The van der Waals surface area contributed by atoms with E-state index in [4.69, 9.17) is 0 Å². The van der Waals surface area contributed by atoms with E-state index in [0.717, 1.165) is 18.7 Å². The molecule has 0 radical (unpaired) electrons. The Labute approximate surface area is 100 Å². The zero-order chi connectivity index (χ0) is 11.8. The van der Waals surface area contributed by atoms with Gasteiger partial charge in [0.1, 0.15) is 5.75 Å². The molecule has 1 aromatic carbocycles. The van der Waals surface area contributed by atoms with E-state index in [1.807, 2.05) is 6.07 Å². The highest BCUT2D eigenvalue weighted by atomic mass is 16.3. The maximum absolute atomic E-state index is 11.8. The minimum absolute atomic E-state index is 0.0509. The zero-order valence-corrected chi connectivity index (χ0v) is 9.52. The first kappa shape index (κ1) is 10.6. The van der Waals surface area contributed by atoms with Crippen LogP contribution in [0, 0.1) is 11.8 Å². The Morgan fingerprint density at radius 2 is 2.18 bits per heavy atom. The van der Waals surface area contributed by atoms with Gasteiger partial charge in [0.2, 0.25) is 5.91 Å². The molecule has 0 aromatic heterocycles. The lowest BCUT2D eigenvalue weighted by molar-refractivity contribution is -0.120. The normalized spacial score (nSPS) is 29.8. The second-order valence-electron chi connectivity index (χ2n) is 4.93. The molecule has 2 aliphatic rings. The van der Waals surface area contributed by atoms with Crippen molar-refractivity contribution in [3.05, 3.63) is 29.8 Å². The van der Waals surface area contributed by atoms with Crippen LogP contribution in [-0.4, -0.2) is 30.1 Å². The summed E-state index contributed by atoms with van der Waals surface area (Å²) in [6.45, 7) is 2.06. The van der Waals surface area contributed by atoms with Crippen molar-refractivity contribution in [2.75, 3.05) is 13.1 Å². The van der Waals surface area contributed by atoms with Gasteiger partial charge >= 0.3 is 0 Å². The van der Waals surface area contributed by atoms with E-state index in [1.165, 1.54) is 0 Å². The lowest BCUT2D eigenvalue weighted by Crippen LogP contribution is -2.33. The number of aromatic hydroxyl groups is 1. The second kappa shape index (κ2) is 4.04. The van der Waals surface area contributed by atoms with Gasteiger partial charge in [-0.05, 0) is 29.5 Å². The van der Waals surface area contributed by atoms with E-state index in [9.17, 15) is 9.90 Å².